The van der Waals surface area contributed by atoms with Crippen LogP contribution in [0.1, 0.15) is 48.9 Å². The highest BCUT2D eigenvalue weighted by molar-refractivity contribution is 7.53. The minimum atomic E-state index is -4.73. The second-order valence-corrected chi connectivity index (χ2v) is 14.8. The summed E-state index contributed by atoms with van der Waals surface area (Å²) in [6.07, 6.45) is -1.35. The molecule has 0 amide bonds. The average molecular weight is 722 g/mol. The molecule has 0 unspecified atom stereocenters. The fourth-order valence-electron chi connectivity index (χ4n) is 6.49. The van der Waals surface area contributed by atoms with E-state index in [2.05, 4.69) is 43.9 Å². The van der Waals surface area contributed by atoms with E-state index in [-0.39, 0.29) is 11.9 Å². The van der Waals surface area contributed by atoms with Crippen LogP contribution in [0.4, 0.5) is 13.2 Å². The predicted octanol–water partition coefficient (Wildman–Crippen LogP) is 9.93. The Balaban J connectivity index is 0.991. The average Bonchev–Trinajstić information content (AvgIpc) is 3.53. The van der Waals surface area contributed by atoms with Crippen LogP contribution < -0.4 is 9.47 Å². The lowest BCUT2D eigenvalue weighted by molar-refractivity contribution is -0.274. The summed E-state index contributed by atoms with van der Waals surface area (Å²) >= 11 is 0. The number of imidazole rings is 1. The Hall–Kier alpha value is -4.15. The number of likely N-dealkylation sites (tertiary alicyclic amines) is 1. The van der Waals surface area contributed by atoms with Gasteiger partial charge in [0.05, 0.1) is 30.4 Å². The van der Waals surface area contributed by atoms with Crippen LogP contribution in [0.2, 0.25) is 0 Å². The van der Waals surface area contributed by atoms with E-state index in [0.29, 0.717) is 37.1 Å². The van der Waals surface area contributed by atoms with Crippen molar-refractivity contribution in [3.63, 3.8) is 0 Å². The lowest BCUT2D eigenvalue weighted by Gasteiger charge is -2.32. The van der Waals surface area contributed by atoms with Crippen molar-refractivity contribution in [3.05, 3.63) is 113 Å². The van der Waals surface area contributed by atoms with E-state index in [1.807, 2.05) is 56.3 Å². The summed E-state index contributed by atoms with van der Waals surface area (Å²) in [6.45, 7) is 7.57. The molecule has 2 heterocycles. The third-order valence-corrected chi connectivity index (χ3v) is 11.0. The zero-order valence-electron chi connectivity index (χ0n) is 28.8. The van der Waals surface area contributed by atoms with Gasteiger partial charge in [0.1, 0.15) is 23.9 Å². The van der Waals surface area contributed by atoms with Crippen LogP contribution in [0.5, 0.6) is 11.5 Å². The number of rotatable bonds is 15. The molecule has 51 heavy (non-hydrogen) atoms. The smallest absolute Gasteiger partial charge is 0.489 e. The number of aromatic amines is 1. The molecule has 0 aliphatic carbocycles. The van der Waals surface area contributed by atoms with Crippen LogP contribution in [0.15, 0.2) is 91.0 Å². The molecule has 6 rings (SSSR count). The van der Waals surface area contributed by atoms with E-state index >= 15 is 0 Å². The molecule has 1 aliphatic rings. The van der Waals surface area contributed by atoms with E-state index in [1.54, 1.807) is 12.1 Å². The van der Waals surface area contributed by atoms with Crippen LogP contribution in [-0.2, 0) is 39.3 Å². The van der Waals surface area contributed by atoms with Gasteiger partial charge in [0.25, 0.3) is 0 Å². The largest absolute Gasteiger partial charge is 0.573 e. The lowest BCUT2D eigenvalue weighted by Crippen LogP contribution is -2.33. The highest BCUT2D eigenvalue weighted by atomic mass is 31.2. The number of halogens is 3. The number of piperidine rings is 1. The highest BCUT2D eigenvalue weighted by Crippen LogP contribution is 2.51. The van der Waals surface area contributed by atoms with Crippen molar-refractivity contribution in [1.82, 2.24) is 14.9 Å². The molecule has 8 nitrogen and oxygen atoms in total. The Bertz CT molecular complexity index is 1910. The van der Waals surface area contributed by atoms with Gasteiger partial charge < -0.3 is 23.5 Å². The molecular weight excluding hydrogens is 678 g/mol. The molecule has 0 saturated carbocycles. The van der Waals surface area contributed by atoms with Crippen LogP contribution in [0, 0.1) is 5.92 Å². The van der Waals surface area contributed by atoms with Crippen molar-refractivity contribution in [2.75, 3.05) is 26.3 Å². The van der Waals surface area contributed by atoms with E-state index < -0.39 is 14.0 Å². The minimum absolute atomic E-state index is 0.241. The van der Waals surface area contributed by atoms with Crippen LogP contribution in [0.25, 0.3) is 22.4 Å². The Morgan fingerprint density at radius 3 is 2.22 bits per heavy atom. The highest BCUT2D eigenvalue weighted by Gasteiger charge is 2.31. The van der Waals surface area contributed by atoms with Crippen molar-refractivity contribution < 1.29 is 36.3 Å². The first-order chi connectivity index (χ1) is 24.6. The molecule has 1 fully saturated rings. The van der Waals surface area contributed by atoms with Crippen molar-refractivity contribution in [1.29, 1.82) is 0 Å². The van der Waals surface area contributed by atoms with E-state index in [1.165, 1.54) is 23.3 Å². The number of hydrogen-bond acceptors (Lipinski definition) is 7. The standard InChI is InChI=1S/C39H43F3N3O5P/c1-3-48-51(46,49-4-2)27-30-11-9-29(10-12-30)26-47-37-8-6-5-7-33(37)23-28-19-21-45(22-20-28)25-31-13-18-35-36(24-31)44-38(43-35)32-14-16-34(17-15-32)50-39(40,41)42/h5-18,24,28H,3-4,19-23,25-27H2,1-2H3,(H,43,44). The number of H-pyrrole nitrogens is 1. The molecule has 0 spiro atoms. The fourth-order valence-corrected chi connectivity index (χ4v) is 8.19. The van der Waals surface area contributed by atoms with Crippen molar-refractivity contribution in [3.8, 4) is 22.9 Å². The van der Waals surface area contributed by atoms with Gasteiger partial charge in [-0.05, 0) is 117 Å². The second-order valence-electron chi connectivity index (χ2n) is 12.8. The zero-order valence-corrected chi connectivity index (χ0v) is 29.7. The van der Waals surface area contributed by atoms with Gasteiger partial charge in [-0.15, -0.1) is 13.2 Å². The first-order valence-electron chi connectivity index (χ1n) is 17.3. The summed E-state index contributed by atoms with van der Waals surface area (Å²) < 4.78 is 71.6. The normalized spacial score (nSPS) is 14.6. The van der Waals surface area contributed by atoms with E-state index in [0.717, 1.165) is 66.8 Å². The number of aromatic nitrogens is 2. The SMILES string of the molecule is CCOP(=O)(Cc1ccc(COc2ccccc2CC2CCN(Cc3ccc4nc(-c5ccc(OC(F)(F)F)cc5)[nH]c4c3)CC2)cc1)OCC. The molecular formula is C39H43F3N3O5P. The third kappa shape index (κ3) is 10.2. The summed E-state index contributed by atoms with van der Waals surface area (Å²) in [5, 5.41) is 0. The fraction of sp³-hybridized carbons (Fsp3) is 0.359. The van der Waals surface area contributed by atoms with Gasteiger partial charge in [0.2, 0.25) is 0 Å². The van der Waals surface area contributed by atoms with Gasteiger partial charge in [0.15, 0.2) is 0 Å². The number of benzene rings is 4. The van der Waals surface area contributed by atoms with Gasteiger partial charge in [-0.3, -0.25) is 9.46 Å². The maximum atomic E-state index is 12.9. The first-order valence-corrected chi connectivity index (χ1v) is 19.0. The number of nitrogens with one attached hydrogen (secondary N) is 1. The Morgan fingerprint density at radius 1 is 0.863 bits per heavy atom. The van der Waals surface area contributed by atoms with E-state index in [4.69, 9.17) is 13.8 Å². The molecule has 5 aromatic rings. The molecule has 12 heteroatoms. The molecule has 270 valence electrons. The number of hydrogen-bond donors (Lipinski definition) is 1. The number of para-hydroxylation sites is 1. The minimum Gasteiger partial charge on any atom is -0.489 e. The molecule has 1 aromatic heterocycles. The van der Waals surface area contributed by atoms with Crippen LogP contribution in [0.3, 0.4) is 0 Å². The maximum Gasteiger partial charge on any atom is 0.573 e. The summed E-state index contributed by atoms with van der Waals surface area (Å²) in [6, 6.07) is 28.0. The Labute approximate surface area is 296 Å². The van der Waals surface area contributed by atoms with Gasteiger partial charge in [-0.25, -0.2) is 4.98 Å². The Morgan fingerprint density at radius 2 is 1.53 bits per heavy atom. The summed E-state index contributed by atoms with van der Waals surface area (Å²) in [5.41, 5.74) is 6.68. The predicted molar refractivity (Wildman–Crippen MR) is 192 cm³/mol. The quantitative estimate of drug-likeness (QED) is 0.108. The second kappa shape index (κ2) is 16.5. The third-order valence-electron chi connectivity index (χ3n) is 8.95. The number of ether oxygens (including phenoxy) is 2. The van der Waals surface area contributed by atoms with Crippen molar-refractivity contribution >= 4 is 18.6 Å². The van der Waals surface area contributed by atoms with Gasteiger partial charge >= 0.3 is 14.0 Å². The number of alkyl halides is 3. The molecule has 1 aliphatic heterocycles. The monoisotopic (exact) mass is 721 g/mol. The number of fused-ring (bicyclic) bond motifs is 1. The first kappa shape index (κ1) is 36.6. The topological polar surface area (TPSA) is 85.9 Å². The van der Waals surface area contributed by atoms with Crippen molar-refractivity contribution in [2.45, 2.75) is 58.8 Å². The lowest BCUT2D eigenvalue weighted by atomic mass is 9.89. The molecule has 1 saturated heterocycles. The van der Waals surface area contributed by atoms with Crippen LogP contribution in [-0.4, -0.2) is 47.5 Å². The maximum absolute atomic E-state index is 12.9. The van der Waals surface area contributed by atoms with Gasteiger partial charge in [0, 0.05) is 12.1 Å². The summed E-state index contributed by atoms with van der Waals surface area (Å²) in [4.78, 5) is 10.4. The van der Waals surface area contributed by atoms with Gasteiger partial charge in [-0.1, -0.05) is 48.5 Å². The number of nitrogens with zero attached hydrogens (tertiary/aromatic N) is 2. The molecule has 0 atom stereocenters. The van der Waals surface area contributed by atoms with Gasteiger partial charge in [-0.2, -0.15) is 0 Å². The summed E-state index contributed by atoms with van der Waals surface area (Å²) in [7, 11) is -3.15. The van der Waals surface area contributed by atoms with E-state index in [9.17, 15) is 17.7 Å². The summed E-state index contributed by atoms with van der Waals surface area (Å²) in [5.74, 6) is 1.78. The zero-order chi connectivity index (χ0) is 35.8. The Kier molecular flexibility index (Phi) is 11.8. The molecule has 1 N–H and O–H groups in total. The molecule has 0 bridgehead atoms. The molecule has 0 radical (unpaired) electrons. The molecule has 4 aromatic carbocycles. The van der Waals surface area contributed by atoms with Crippen LogP contribution >= 0.6 is 7.60 Å². The van der Waals surface area contributed by atoms with Crippen molar-refractivity contribution in [2.24, 2.45) is 5.92 Å².